The molecule has 0 saturated carbocycles. The third-order valence-corrected chi connectivity index (χ3v) is 2.39. The Hall–Kier alpha value is -2.02. The van der Waals surface area contributed by atoms with Crippen LogP contribution in [-0.2, 0) is 0 Å². The lowest BCUT2D eigenvalue weighted by Crippen LogP contribution is -2.37. The monoisotopic (exact) mass is 273 g/mol. The maximum atomic E-state index is 12.3. The number of hydrogen-bond acceptors (Lipinski definition) is 3. The van der Waals surface area contributed by atoms with E-state index in [0.29, 0.717) is 0 Å². The number of aliphatic hydroxyl groups is 1. The van der Waals surface area contributed by atoms with Gasteiger partial charge in [0.05, 0.1) is 18.7 Å². The van der Waals surface area contributed by atoms with Crippen LogP contribution in [0.2, 0.25) is 0 Å². The largest absolute Gasteiger partial charge is 0.478 e. The van der Waals surface area contributed by atoms with Crippen molar-refractivity contribution in [2.45, 2.75) is 6.43 Å². The van der Waals surface area contributed by atoms with Gasteiger partial charge in [0.25, 0.3) is 12.3 Å². The summed E-state index contributed by atoms with van der Waals surface area (Å²) in [6, 6.07) is 4.94. The van der Waals surface area contributed by atoms with Gasteiger partial charge < -0.3 is 15.1 Å². The van der Waals surface area contributed by atoms with E-state index in [1.54, 1.807) is 0 Å². The second kappa shape index (κ2) is 6.79. The molecule has 0 saturated heterocycles. The van der Waals surface area contributed by atoms with Crippen molar-refractivity contribution >= 4 is 11.9 Å². The lowest BCUT2D eigenvalue weighted by Gasteiger charge is -2.21. The molecule has 0 aromatic heterocycles. The third kappa shape index (κ3) is 4.29. The number of benzene rings is 1. The van der Waals surface area contributed by atoms with E-state index in [1.807, 2.05) is 0 Å². The molecule has 1 amide bonds. The summed E-state index contributed by atoms with van der Waals surface area (Å²) in [6.07, 6.45) is -2.70. The summed E-state index contributed by atoms with van der Waals surface area (Å²) >= 11 is 0. The lowest BCUT2D eigenvalue weighted by atomic mass is 10.1. The molecule has 1 rings (SSSR count). The van der Waals surface area contributed by atoms with E-state index in [1.165, 1.54) is 24.3 Å². The van der Waals surface area contributed by atoms with E-state index in [4.69, 9.17) is 10.2 Å². The van der Waals surface area contributed by atoms with Crippen LogP contribution in [0.4, 0.5) is 8.78 Å². The highest BCUT2D eigenvalue weighted by atomic mass is 19.3. The van der Waals surface area contributed by atoms with E-state index in [-0.39, 0.29) is 17.7 Å². The van der Waals surface area contributed by atoms with Gasteiger partial charge in [-0.15, -0.1) is 0 Å². The van der Waals surface area contributed by atoms with Crippen molar-refractivity contribution in [3.63, 3.8) is 0 Å². The first-order chi connectivity index (χ1) is 8.95. The molecule has 7 heteroatoms. The zero-order valence-corrected chi connectivity index (χ0v) is 9.92. The van der Waals surface area contributed by atoms with Gasteiger partial charge in [-0.2, -0.15) is 0 Å². The first-order valence-electron chi connectivity index (χ1n) is 5.47. The second-order valence-corrected chi connectivity index (χ2v) is 3.75. The quantitative estimate of drug-likeness (QED) is 0.813. The van der Waals surface area contributed by atoms with Gasteiger partial charge in [-0.05, 0) is 24.3 Å². The Kier molecular flexibility index (Phi) is 5.37. The fourth-order valence-electron chi connectivity index (χ4n) is 1.50. The Balaban J connectivity index is 2.86. The topological polar surface area (TPSA) is 77.8 Å². The number of carbonyl (C=O) groups is 2. The van der Waals surface area contributed by atoms with E-state index in [9.17, 15) is 18.4 Å². The van der Waals surface area contributed by atoms with Crippen LogP contribution in [0.15, 0.2) is 24.3 Å². The lowest BCUT2D eigenvalue weighted by molar-refractivity contribution is 0.0509. The van der Waals surface area contributed by atoms with E-state index >= 15 is 0 Å². The minimum Gasteiger partial charge on any atom is -0.478 e. The van der Waals surface area contributed by atoms with Crippen LogP contribution in [-0.4, -0.2) is 53.1 Å². The zero-order valence-electron chi connectivity index (χ0n) is 9.92. The van der Waals surface area contributed by atoms with Gasteiger partial charge >= 0.3 is 5.97 Å². The van der Waals surface area contributed by atoms with Gasteiger partial charge in [-0.1, -0.05) is 0 Å². The molecule has 104 valence electrons. The van der Waals surface area contributed by atoms with Gasteiger partial charge in [0, 0.05) is 12.1 Å². The number of amides is 1. The van der Waals surface area contributed by atoms with Gasteiger partial charge in [-0.3, -0.25) is 4.79 Å². The van der Waals surface area contributed by atoms with Crippen LogP contribution in [0.3, 0.4) is 0 Å². The number of carbonyl (C=O) groups excluding carboxylic acids is 1. The Morgan fingerprint density at radius 2 is 1.68 bits per heavy atom. The summed E-state index contributed by atoms with van der Waals surface area (Å²) < 4.78 is 24.6. The molecule has 0 aliphatic heterocycles. The predicted octanol–water partition coefficient (Wildman–Crippen LogP) is 1.08. The molecule has 0 radical (unpaired) electrons. The molecule has 1 aromatic carbocycles. The molecule has 0 unspecified atom stereocenters. The number of hydrogen-bond donors (Lipinski definition) is 2. The number of aliphatic hydroxyl groups excluding tert-OH is 1. The van der Waals surface area contributed by atoms with E-state index < -0.39 is 31.5 Å². The summed E-state index contributed by atoms with van der Waals surface area (Å²) in [4.78, 5) is 23.3. The van der Waals surface area contributed by atoms with E-state index in [0.717, 1.165) is 4.90 Å². The molecule has 0 fully saturated rings. The number of carboxylic acid groups (broad SMARTS) is 1. The molecular weight excluding hydrogens is 260 g/mol. The molecule has 0 aliphatic rings. The first kappa shape index (κ1) is 15.0. The van der Waals surface area contributed by atoms with Crippen molar-refractivity contribution in [3.05, 3.63) is 35.4 Å². The van der Waals surface area contributed by atoms with Gasteiger partial charge in [-0.25, -0.2) is 13.6 Å². The number of carboxylic acids is 1. The summed E-state index contributed by atoms with van der Waals surface area (Å²) in [7, 11) is 0. The summed E-state index contributed by atoms with van der Waals surface area (Å²) in [5, 5.41) is 17.4. The number of halogens is 2. The number of rotatable bonds is 6. The zero-order chi connectivity index (χ0) is 14.4. The third-order valence-electron chi connectivity index (χ3n) is 2.39. The molecule has 0 aliphatic carbocycles. The normalized spacial score (nSPS) is 10.5. The summed E-state index contributed by atoms with van der Waals surface area (Å²) in [6.45, 7) is -1.41. The molecule has 0 spiro atoms. The highest BCUT2D eigenvalue weighted by Crippen LogP contribution is 2.09. The van der Waals surface area contributed by atoms with E-state index in [2.05, 4.69) is 0 Å². The Morgan fingerprint density at radius 1 is 1.16 bits per heavy atom. The number of alkyl halides is 2. The predicted molar refractivity (Wildman–Crippen MR) is 62.4 cm³/mol. The van der Waals surface area contributed by atoms with Crippen LogP contribution in [0.25, 0.3) is 0 Å². The van der Waals surface area contributed by atoms with Crippen LogP contribution in [0.1, 0.15) is 20.7 Å². The van der Waals surface area contributed by atoms with Crippen molar-refractivity contribution in [3.8, 4) is 0 Å². The Labute approximate surface area is 108 Å². The fourth-order valence-corrected chi connectivity index (χ4v) is 1.50. The minimum atomic E-state index is -2.70. The van der Waals surface area contributed by atoms with Crippen LogP contribution in [0.5, 0.6) is 0 Å². The second-order valence-electron chi connectivity index (χ2n) is 3.75. The first-order valence-corrected chi connectivity index (χ1v) is 5.47. The molecule has 5 nitrogen and oxygen atoms in total. The van der Waals surface area contributed by atoms with Gasteiger partial charge in [0.15, 0.2) is 0 Å². The minimum absolute atomic E-state index is 0.000817. The van der Waals surface area contributed by atoms with Crippen LogP contribution < -0.4 is 0 Å². The number of aromatic carboxylic acids is 1. The van der Waals surface area contributed by atoms with Gasteiger partial charge in [0.1, 0.15) is 0 Å². The highest BCUT2D eigenvalue weighted by molar-refractivity contribution is 5.95. The molecule has 0 atom stereocenters. The molecular formula is C12H13F2NO4. The molecule has 19 heavy (non-hydrogen) atoms. The Morgan fingerprint density at radius 3 is 2.11 bits per heavy atom. The van der Waals surface area contributed by atoms with Crippen LogP contribution in [0, 0.1) is 0 Å². The van der Waals surface area contributed by atoms with Gasteiger partial charge in [0.2, 0.25) is 0 Å². The molecule has 1 aromatic rings. The fraction of sp³-hybridized carbons (Fsp3) is 0.333. The summed E-state index contributed by atoms with van der Waals surface area (Å²) in [5.74, 6) is -1.81. The standard InChI is InChI=1S/C12H13F2NO4/c13-10(14)7-15(5-6-16)11(17)8-1-3-9(4-2-8)12(18)19/h1-4,10,16H,5-7H2,(H,18,19). The summed E-state index contributed by atoms with van der Waals surface area (Å²) in [5.41, 5.74) is 0.0956. The molecule has 2 N–H and O–H groups in total. The number of nitrogens with zero attached hydrogens (tertiary/aromatic N) is 1. The average Bonchev–Trinajstić information content (AvgIpc) is 2.37. The maximum absolute atomic E-state index is 12.3. The van der Waals surface area contributed by atoms with Crippen molar-refractivity contribution in [1.29, 1.82) is 0 Å². The Bertz CT molecular complexity index is 448. The van der Waals surface area contributed by atoms with Crippen LogP contribution >= 0.6 is 0 Å². The SMILES string of the molecule is O=C(O)c1ccc(C(=O)N(CCO)CC(F)F)cc1. The van der Waals surface area contributed by atoms with Crippen molar-refractivity contribution in [1.82, 2.24) is 4.90 Å². The van der Waals surface area contributed by atoms with Crippen molar-refractivity contribution in [2.24, 2.45) is 0 Å². The van der Waals surface area contributed by atoms with Crippen molar-refractivity contribution in [2.75, 3.05) is 19.7 Å². The molecule has 0 bridgehead atoms. The highest BCUT2D eigenvalue weighted by Gasteiger charge is 2.19. The molecule has 0 heterocycles. The van der Waals surface area contributed by atoms with Crippen molar-refractivity contribution < 1.29 is 28.6 Å². The smallest absolute Gasteiger partial charge is 0.335 e. The maximum Gasteiger partial charge on any atom is 0.335 e. The average molecular weight is 273 g/mol.